The minimum Gasteiger partial charge on any atom is -0.487 e. The Morgan fingerprint density at radius 1 is 0.894 bits per heavy atom. The number of nitrogens with zero attached hydrogens (tertiary/aromatic N) is 3. The monoisotopic (exact) mass is 632 g/mol. The molecule has 0 spiro atoms. The van der Waals surface area contributed by atoms with Gasteiger partial charge in [0.15, 0.2) is 17.3 Å². The van der Waals surface area contributed by atoms with E-state index in [4.69, 9.17) is 14.2 Å². The van der Waals surface area contributed by atoms with Gasteiger partial charge in [0.1, 0.15) is 18.5 Å². The average Bonchev–Trinajstić information content (AvgIpc) is 3.92. The smallest absolute Gasteiger partial charge is 0.316 e. The number of para-hydroxylation sites is 2. The van der Waals surface area contributed by atoms with Crippen LogP contribution >= 0.6 is 0 Å². The van der Waals surface area contributed by atoms with Gasteiger partial charge in [-0.25, -0.2) is 4.98 Å². The van der Waals surface area contributed by atoms with Crippen LogP contribution in [-0.4, -0.2) is 47.1 Å². The Morgan fingerprint density at radius 2 is 1.60 bits per heavy atom. The zero-order chi connectivity index (χ0) is 32.6. The summed E-state index contributed by atoms with van der Waals surface area (Å²) in [5.41, 5.74) is 1.76. The largest absolute Gasteiger partial charge is 0.487 e. The molecule has 1 aliphatic heterocycles. The molecule has 1 atom stereocenters. The number of hydrogen-bond donors (Lipinski definition) is 1. The molecule has 6 rings (SSSR count). The second-order valence-corrected chi connectivity index (χ2v) is 12.5. The summed E-state index contributed by atoms with van der Waals surface area (Å²) in [5.74, 6) is 1.99. The van der Waals surface area contributed by atoms with Gasteiger partial charge in [-0.15, -0.1) is 0 Å². The standard InChI is InChI=1S/C38H40N4O5/c1-38(2,37(44)45-26-28-9-4-3-5-10-28)29-17-14-27(15-18-29)16-21-36(43)41-34-23-39-24-35(40-34)42-22-8-11-31(25-42)47-33-13-7-6-12-32(33)46-30-19-20-30/h3-7,9-10,12-18,21,23-24,30-31H,8,11,19-20,22,25-26H2,1-2H3,(H,40,41,43)/b21-16+/t31-/m1/s1. The van der Waals surface area contributed by atoms with Gasteiger partial charge in [-0.3, -0.25) is 14.6 Å². The molecule has 1 saturated carbocycles. The van der Waals surface area contributed by atoms with Crippen molar-refractivity contribution in [3.63, 3.8) is 0 Å². The third kappa shape index (κ3) is 8.55. The van der Waals surface area contributed by atoms with E-state index in [1.165, 1.54) is 12.3 Å². The van der Waals surface area contributed by atoms with Crippen LogP contribution in [0.5, 0.6) is 11.5 Å². The van der Waals surface area contributed by atoms with Crippen LogP contribution in [0.3, 0.4) is 0 Å². The van der Waals surface area contributed by atoms with Crippen molar-refractivity contribution in [2.24, 2.45) is 0 Å². The number of carbonyl (C=O) groups is 2. The number of esters is 1. The zero-order valence-corrected chi connectivity index (χ0v) is 26.8. The number of ether oxygens (including phenoxy) is 3. The van der Waals surface area contributed by atoms with Crippen LogP contribution in [0.4, 0.5) is 11.6 Å². The molecule has 1 aromatic heterocycles. The lowest BCUT2D eigenvalue weighted by Crippen LogP contribution is -2.41. The lowest BCUT2D eigenvalue weighted by Gasteiger charge is -2.33. The number of carbonyl (C=O) groups excluding carboxylic acids is 2. The number of amides is 1. The Morgan fingerprint density at radius 3 is 2.32 bits per heavy atom. The molecule has 1 N–H and O–H groups in total. The van der Waals surface area contributed by atoms with Crippen molar-refractivity contribution in [1.82, 2.24) is 9.97 Å². The molecule has 3 aromatic carbocycles. The molecule has 1 amide bonds. The van der Waals surface area contributed by atoms with Crippen LogP contribution in [0.25, 0.3) is 6.08 Å². The van der Waals surface area contributed by atoms with Gasteiger partial charge in [-0.1, -0.05) is 66.7 Å². The average molecular weight is 633 g/mol. The van der Waals surface area contributed by atoms with Gasteiger partial charge in [0.25, 0.3) is 0 Å². The third-order valence-corrected chi connectivity index (χ3v) is 8.32. The lowest BCUT2D eigenvalue weighted by atomic mass is 9.84. The first-order chi connectivity index (χ1) is 22.8. The van der Waals surface area contributed by atoms with Crippen molar-refractivity contribution in [3.8, 4) is 11.5 Å². The lowest BCUT2D eigenvalue weighted by molar-refractivity contribution is -0.150. The van der Waals surface area contributed by atoms with E-state index in [9.17, 15) is 9.59 Å². The molecular weight excluding hydrogens is 592 g/mol. The summed E-state index contributed by atoms with van der Waals surface area (Å²) in [5, 5.41) is 2.82. The summed E-state index contributed by atoms with van der Waals surface area (Å²) in [6, 6.07) is 25.0. The van der Waals surface area contributed by atoms with Crippen LogP contribution in [0.15, 0.2) is 97.3 Å². The highest BCUT2D eigenvalue weighted by molar-refractivity contribution is 6.01. The van der Waals surface area contributed by atoms with Crippen molar-refractivity contribution in [2.45, 2.75) is 63.8 Å². The number of benzene rings is 3. The van der Waals surface area contributed by atoms with E-state index >= 15 is 0 Å². The predicted molar refractivity (Wildman–Crippen MR) is 181 cm³/mol. The third-order valence-electron chi connectivity index (χ3n) is 8.32. The summed E-state index contributed by atoms with van der Waals surface area (Å²) in [7, 11) is 0. The van der Waals surface area contributed by atoms with Crippen molar-refractivity contribution < 1.29 is 23.8 Å². The maximum Gasteiger partial charge on any atom is 0.316 e. The van der Waals surface area contributed by atoms with E-state index in [0.717, 1.165) is 60.4 Å². The van der Waals surface area contributed by atoms with Crippen LogP contribution in [-0.2, 0) is 26.3 Å². The maximum atomic E-state index is 12.9. The van der Waals surface area contributed by atoms with Gasteiger partial charge in [0.2, 0.25) is 5.91 Å². The topological polar surface area (TPSA) is 103 Å². The number of anilines is 2. The van der Waals surface area contributed by atoms with Gasteiger partial charge in [0, 0.05) is 12.6 Å². The van der Waals surface area contributed by atoms with Crippen molar-refractivity contribution in [3.05, 3.63) is 114 Å². The Labute approximate surface area is 275 Å². The first-order valence-corrected chi connectivity index (χ1v) is 16.1. The van der Waals surface area contributed by atoms with E-state index in [1.807, 2.05) is 92.7 Å². The molecule has 9 nitrogen and oxygen atoms in total. The summed E-state index contributed by atoms with van der Waals surface area (Å²) in [4.78, 5) is 36.8. The molecule has 2 fully saturated rings. The second kappa shape index (κ2) is 14.5. The molecule has 47 heavy (non-hydrogen) atoms. The van der Waals surface area contributed by atoms with Gasteiger partial charge in [-0.2, -0.15) is 0 Å². The van der Waals surface area contributed by atoms with Gasteiger partial charge in [-0.05, 0) is 74.4 Å². The van der Waals surface area contributed by atoms with E-state index in [-0.39, 0.29) is 24.6 Å². The minimum atomic E-state index is -0.826. The first-order valence-electron chi connectivity index (χ1n) is 16.1. The molecule has 0 radical (unpaired) electrons. The fourth-order valence-electron chi connectivity index (χ4n) is 5.37. The highest BCUT2D eigenvalue weighted by atomic mass is 16.5. The number of piperidine rings is 1. The van der Waals surface area contributed by atoms with Crippen molar-refractivity contribution >= 4 is 29.6 Å². The highest BCUT2D eigenvalue weighted by Gasteiger charge is 2.31. The molecule has 2 aliphatic rings. The fourth-order valence-corrected chi connectivity index (χ4v) is 5.37. The van der Waals surface area contributed by atoms with Crippen LogP contribution in [0, 0.1) is 0 Å². The van der Waals surface area contributed by atoms with Gasteiger partial charge < -0.3 is 24.4 Å². The van der Waals surface area contributed by atoms with E-state index in [0.29, 0.717) is 24.3 Å². The minimum absolute atomic E-state index is 0.0208. The number of nitrogens with one attached hydrogen (secondary N) is 1. The molecule has 0 bridgehead atoms. The molecule has 2 heterocycles. The predicted octanol–water partition coefficient (Wildman–Crippen LogP) is 6.74. The van der Waals surface area contributed by atoms with Gasteiger partial charge in [0.05, 0.1) is 30.5 Å². The molecule has 1 aliphatic carbocycles. The molecule has 4 aromatic rings. The fraction of sp³-hybridized carbons (Fsp3) is 0.316. The van der Waals surface area contributed by atoms with Crippen LogP contribution in [0.1, 0.15) is 56.2 Å². The Balaban J connectivity index is 1.02. The first kappa shape index (κ1) is 31.8. The summed E-state index contributed by atoms with van der Waals surface area (Å²) >= 11 is 0. The van der Waals surface area contributed by atoms with Crippen LogP contribution < -0.4 is 19.7 Å². The maximum absolute atomic E-state index is 12.9. The molecule has 1 saturated heterocycles. The summed E-state index contributed by atoms with van der Waals surface area (Å²) in [6.07, 6.45) is 10.7. The van der Waals surface area contributed by atoms with Crippen LogP contribution in [0.2, 0.25) is 0 Å². The molecule has 9 heteroatoms. The number of aromatic nitrogens is 2. The second-order valence-electron chi connectivity index (χ2n) is 12.5. The number of hydrogen-bond acceptors (Lipinski definition) is 8. The Kier molecular flexibility index (Phi) is 9.80. The summed E-state index contributed by atoms with van der Waals surface area (Å²) < 4.78 is 18.0. The summed E-state index contributed by atoms with van der Waals surface area (Å²) in [6.45, 7) is 5.39. The van der Waals surface area contributed by atoms with Crippen molar-refractivity contribution in [2.75, 3.05) is 23.3 Å². The van der Waals surface area contributed by atoms with Crippen molar-refractivity contribution in [1.29, 1.82) is 0 Å². The molecule has 242 valence electrons. The molecule has 0 unspecified atom stereocenters. The van der Waals surface area contributed by atoms with Gasteiger partial charge >= 0.3 is 5.97 Å². The van der Waals surface area contributed by atoms with E-state index in [1.54, 1.807) is 12.3 Å². The Hall–Kier alpha value is -5.18. The number of rotatable bonds is 12. The normalized spacial score (nSPS) is 16.5. The zero-order valence-electron chi connectivity index (χ0n) is 26.8. The van der Waals surface area contributed by atoms with E-state index < -0.39 is 5.41 Å². The van der Waals surface area contributed by atoms with E-state index in [2.05, 4.69) is 20.2 Å². The highest BCUT2D eigenvalue weighted by Crippen LogP contribution is 2.35. The SMILES string of the molecule is CC(C)(C(=O)OCc1ccccc1)c1ccc(/C=C/C(=O)Nc2cncc(N3CCC[C@@H](Oc4ccccc4OC4CC4)C3)n2)cc1. The Bertz CT molecular complexity index is 1700. The quantitative estimate of drug-likeness (QED) is 0.135. The molecular formula is C38H40N4O5.